The third-order valence-corrected chi connectivity index (χ3v) is 2.18. The van der Waals surface area contributed by atoms with Gasteiger partial charge in [0.25, 0.3) is 5.91 Å². The van der Waals surface area contributed by atoms with Gasteiger partial charge in [-0.1, -0.05) is 0 Å². The predicted molar refractivity (Wildman–Crippen MR) is 60.0 cm³/mol. The number of halogens is 1. The van der Waals surface area contributed by atoms with Gasteiger partial charge >= 0.3 is 5.97 Å². The first-order chi connectivity index (χ1) is 8.02. The molecule has 4 nitrogen and oxygen atoms in total. The van der Waals surface area contributed by atoms with Crippen molar-refractivity contribution in [2.45, 2.75) is 19.4 Å². The molecule has 0 saturated heterocycles. The first-order valence-corrected chi connectivity index (χ1v) is 5.16. The summed E-state index contributed by atoms with van der Waals surface area (Å²) in [5, 5.41) is 2.62. The van der Waals surface area contributed by atoms with Crippen LogP contribution < -0.4 is 5.32 Å². The molecule has 0 aliphatic rings. The highest BCUT2D eigenvalue weighted by atomic mass is 19.1. The van der Waals surface area contributed by atoms with Crippen molar-refractivity contribution in [3.05, 3.63) is 35.6 Å². The van der Waals surface area contributed by atoms with Crippen molar-refractivity contribution in [3.63, 3.8) is 0 Å². The second-order valence-corrected chi connectivity index (χ2v) is 3.66. The zero-order valence-electron chi connectivity index (χ0n) is 9.70. The van der Waals surface area contributed by atoms with Crippen LogP contribution in [0.4, 0.5) is 4.39 Å². The van der Waals surface area contributed by atoms with Crippen LogP contribution in [0.2, 0.25) is 0 Å². The van der Waals surface area contributed by atoms with E-state index in [0.29, 0.717) is 5.56 Å². The van der Waals surface area contributed by atoms with Crippen LogP contribution >= 0.6 is 0 Å². The third kappa shape index (κ3) is 4.22. The van der Waals surface area contributed by atoms with Crippen molar-refractivity contribution in [1.29, 1.82) is 0 Å². The molecule has 5 heteroatoms. The Morgan fingerprint density at radius 3 is 2.47 bits per heavy atom. The number of ether oxygens (including phenoxy) is 1. The summed E-state index contributed by atoms with van der Waals surface area (Å²) in [4.78, 5) is 22.6. The first-order valence-electron chi connectivity index (χ1n) is 5.16. The maximum absolute atomic E-state index is 12.6. The molecule has 92 valence electrons. The molecule has 0 aliphatic carbocycles. The van der Waals surface area contributed by atoms with E-state index in [4.69, 9.17) is 0 Å². The quantitative estimate of drug-likeness (QED) is 0.810. The van der Waals surface area contributed by atoms with E-state index in [2.05, 4.69) is 10.1 Å². The van der Waals surface area contributed by atoms with Gasteiger partial charge in [-0.05, 0) is 31.2 Å². The maximum atomic E-state index is 12.6. The fraction of sp³-hybridized carbons (Fsp3) is 0.333. The average molecular weight is 239 g/mol. The number of rotatable bonds is 4. The molecule has 1 rings (SSSR count). The molecule has 0 aliphatic heterocycles. The normalized spacial score (nSPS) is 11.7. The lowest BCUT2D eigenvalue weighted by atomic mass is 10.2. The Hall–Kier alpha value is -1.91. The van der Waals surface area contributed by atoms with Gasteiger partial charge in [0, 0.05) is 11.6 Å². The van der Waals surface area contributed by atoms with E-state index >= 15 is 0 Å². The Bertz CT molecular complexity index is 403. The Labute approximate surface area is 98.8 Å². The molecule has 0 bridgehead atoms. The van der Waals surface area contributed by atoms with Crippen LogP contribution in [0.1, 0.15) is 23.7 Å². The van der Waals surface area contributed by atoms with E-state index < -0.39 is 11.8 Å². The summed E-state index contributed by atoms with van der Waals surface area (Å²) in [5.41, 5.74) is 0.350. The SMILES string of the molecule is COC(=O)CC(C)NC(=O)c1ccc(F)cc1. The fourth-order valence-electron chi connectivity index (χ4n) is 1.29. The van der Waals surface area contributed by atoms with E-state index in [0.717, 1.165) is 0 Å². The molecule has 0 heterocycles. The number of carbonyl (C=O) groups excluding carboxylic acids is 2. The number of benzene rings is 1. The highest BCUT2D eigenvalue weighted by Gasteiger charge is 2.13. The Morgan fingerprint density at radius 1 is 1.35 bits per heavy atom. The molecule has 0 radical (unpaired) electrons. The van der Waals surface area contributed by atoms with Crippen molar-refractivity contribution in [2.75, 3.05) is 7.11 Å². The van der Waals surface area contributed by atoms with Crippen molar-refractivity contribution in [2.24, 2.45) is 0 Å². The third-order valence-electron chi connectivity index (χ3n) is 2.18. The van der Waals surface area contributed by atoms with E-state index in [1.54, 1.807) is 6.92 Å². The summed E-state index contributed by atoms with van der Waals surface area (Å²) in [7, 11) is 1.29. The van der Waals surface area contributed by atoms with Crippen molar-refractivity contribution < 1.29 is 18.7 Å². The van der Waals surface area contributed by atoms with Crippen LogP contribution in [0.25, 0.3) is 0 Å². The van der Waals surface area contributed by atoms with Crippen molar-refractivity contribution in [3.8, 4) is 0 Å². The molecule has 1 N–H and O–H groups in total. The van der Waals surface area contributed by atoms with Gasteiger partial charge < -0.3 is 10.1 Å². The number of nitrogens with one attached hydrogen (secondary N) is 1. The predicted octanol–water partition coefficient (Wildman–Crippen LogP) is 1.51. The van der Waals surface area contributed by atoms with Crippen LogP contribution in [-0.2, 0) is 9.53 Å². The van der Waals surface area contributed by atoms with Gasteiger partial charge in [-0.15, -0.1) is 0 Å². The van der Waals surface area contributed by atoms with Crippen LogP contribution in [0.15, 0.2) is 24.3 Å². The summed E-state index contributed by atoms with van der Waals surface area (Å²) in [6.45, 7) is 1.69. The second-order valence-electron chi connectivity index (χ2n) is 3.66. The zero-order valence-corrected chi connectivity index (χ0v) is 9.70. The van der Waals surface area contributed by atoms with Gasteiger partial charge in [0.1, 0.15) is 5.82 Å². The minimum atomic E-state index is -0.399. The molecule has 0 fully saturated rings. The van der Waals surface area contributed by atoms with Crippen molar-refractivity contribution in [1.82, 2.24) is 5.32 Å². The molecule has 0 spiro atoms. The summed E-state index contributed by atoms with van der Waals surface area (Å²) < 4.78 is 17.1. The van der Waals surface area contributed by atoms with E-state index in [1.165, 1.54) is 31.4 Å². The number of methoxy groups -OCH3 is 1. The number of amides is 1. The van der Waals surface area contributed by atoms with Crippen LogP contribution in [0, 0.1) is 5.82 Å². The van der Waals surface area contributed by atoms with Gasteiger partial charge in [0.15, 0.2) is 0 Å². The Balaban J connectivity index is 2.54. The summed E-state index contributed by atoms with van der Waals surface area (Å²) >= 11 is 0. The molecule has 1 amide bonds. The highest BCUT2D eigenvalue weighted by Crippen LogP contribution is 2.03. The lowest BCUT2D eigenvalue weighted by Crippen LogP contribution is -2.34. The molecule has 0 saturated carbocycles. The average Bonchev–Trinajstić information content (AvgIpc) is 2.29. The lowest BCUT2D eigenvalue weighted by molar-refractivity contribution is -0.141. The van der Waals surface area contributed by atoms with Gasteiger partial charge in [0.2, 0.25) is 0 Å². The zero-order chi connectivity index (χ0) is 12.8. The molecule has 0 aromatic heterocycles. The Morgan fingerprint density at radius 2 is 1.94 bits per heavy atom. The standard InChI is InChI=1S/C12H14FNO3/c1-8(7-11(15)17-2)14-12(16)9-3-5-10(13)6-4-9/h3-6,8H,7H2,1-2H3,(H,14,16). The largest absolute Gasteiger partial charge is 0.469 e. The van der Waals surface area contributed by atoms with Crippen LogP contribution in [0.3, 0.4) is 0 Å². The van der Waals surface area contributed by atoms with Gasteiger partial charge in [0.05, 0.1) is 13.5 Å². The summed E-state index contributed by atoms with van der Waals surface area (Å²) in [5.74, 6) is -1.14. The minimum Gasteiger partial charge on any atom is -0.469 e. The molecule has 1 aromatic carbocycles. The number of esters is 1. The van der Waals surface area contributed by atoms with Gasteiger partial charge in [-0.2, -0.15) is 0 Å². The minimum absolute atomic E-state index is 0.101. The maximum Gasteiger partial charge on any atom is 0.307 e. The first kappa shape index (κ1) is 13.2. The number of carbonyl (C=O) groups is 2. The van der Waals surface area contributed by atoms with E-state index in [1.807, 2.05) is 0 Å². The highest BCUT2D eigenvalue weighted by molar-refractivity contribution is 5.94. The van der Waals surface area contributed by atoms with E-state index in [9.17, 15) is 14.0 Å². The number of hydrogen-bond acceptors (Lipinski definition) is 3. The molecule has 1 aromatic rings. The second kappa shape index (κ2) is 5.98. The van der Waals surface area contributed by atoms with E-state index in [-0.39, 0.29) is 18.4 Å². The lowest BCUT2D eigenvalue weighted by Gasteiger charge is -2.12. The van der Waals surface area contributed by atoms with Gasteiger partial charge in [-0.25, -0.2) is 4.39 Å². The van der Waals surface area contributed by atoms with Crippen molar-refractivity contribution >= 4 is 11.9 Å². The summed E-state index contributed by atoms with van der Waals surface area (Å²) in [6, 6.07) is 4.85. The Kier molecular flexibility index (Phi) is 4.63. The molecular formula is C12H14FNO3. The molecular weight excluding hydrogens is 225 g/mol. The monoisotopic (exact) mass is 239 g/mol. The fourth-order valence-corrected chi connectivity index (χ4v) is 1.29. The molecule has 1 unspecified atom stereocenters. The van der Waals surface area contributed by atoms with Crippen LogP contribution in [-0.4, -0.2) is 25.0 Å². The topological polar surface area (TPSA) is 55.4 Å². The smallest absolute Gasteiger partial charge is 0.307 e. The molecule has 1 atom stereocenters. The molecule has 17 heavy (non-hydrogen) atoms. The van der Waals surface area contributed by atoms with Gasteiger partial charge in [-0.3, -0.25) is 9.59 Å². The summed E-state index contributed by atoms with van der Waals surface area (Å²) in [6.07, 6.45) is 0.101. The number of hydrogen-bond donors (Lipinski definition) is 1. The van der Waals surface area contributed by atoms with Crippen LogP contribution in [0.5, 0.6) is 0 Å².